The van der Waals surface area contributed by atoms with Crippen LogP contribution in [0.5, 0.6) is 0 Å². The molecular weight excluding hydrogens is 246 g/mol. The molecule has 3 rings (SSSR count). The molecule has 2 aromatic carbocycles. The molecule has 1 unspecified atom stereocenters. The summed E-state index contributed by atoms with van der Waals surface area (Å²) < 4.78 is 0. The highest BCUT2D eigenvalue weighted by molar-refractivity contribution is 5.74. The molecule has 0 aliphatic heterocycles. The molecule has 3 heteroatoms. The van der Waals surface area contributed by atoms with E-state index in [1.807, 2.05) is 13.1 Å². The molecule has 0 spiro atoms. The first kappa shape index (κ1) is 12.8. The number of hydrogen-bond acceptors (Lipinski definition) is 3. The Morgan fingerprint density at radius 2 is 1.70 bits per heavy atom. The van der Waals surface area contributed by atoms with Crippen LogP contribution in [0.25, 0.3) is 11.0 Å². The van der Waals surface area contributed by atoms with E-state index in [0.29, 0.717) is 0 Å². The maximum Gasteiger partial charge on any atom is 0.0890 e. The predicted molar refractivity (Wildman–Crippen MR) is 81.6 cm³/mol. The number of rotatable bonds is 3. The number of aryl methyl sites for hydroxylation is 1. The average molecular weight is 263 g/mol. The maximum absolute atomic E-state index is 4.38. The highest BCUT2D eigenvalue weighted by Gasteiger charge is 2.14. The number of nitrogens with zero attached hydrogens (tertiary/aromatic N) is 2. The summed E-state index contributed by atoms with van der Waals surface area (Å²) >= 11 is 0. The number of nitrogens with one attached hydrogen (secondary N) is 1. The van der Waals surface area contributed by atoms with E-state index in [1.54, 1.807) is 12.4 Å². The SMILES string of the molecule is CNC(c1ccc2nccnc2c1)c1ccccc1C. The molecule has 0 amide bonds. The third-order valence-corrected chi connectivity index (χ3v) is 3.61. The lowest BCUT2D eigenvalue weighted by molar-refractivity contribution is 0.688. The first-order valence-electron chi connectivity index (χ1n) is 6.73. The van der Waals surface area contributed by atoms with Gasteiger partial charge >= 0.3 is 0 Å². The van der Waals surface area contributed by atoms with Crippen LogP contribution in [0, 0.1) is 6.92 Å². The molecule has 0 radical (unpaired) electrons. The molecule has 0 saturated heterocycles. The topological polar surface area (TPSA) is 37.8 Å². The van der Waals surface area contributed by atoms with Crippen molar-refractivity contribution in [3.63, 3.8) is 0 Å². The van der Waals surface area contributed by atoms with Gasteiger partial charge in [-0.1, -0.05) is 30.3 Å². The van der Waals surface area contributed by atoms with E-state index < -0.39 is 0 Å². The normalized spacial score (nSPS) is 12.5. The molecule has 20 heavy (non-hydrogen) atoms. The highest BCUT2D eigenvalue weighted by Crippen LogP contribution is 2.26. The first-order valence-corrected chi connectivity index (χ1v) is 6.73. The van der Waals surface area contributed by atoms with Crippen molar-refractivity contribution >= 4 is 11.0 Å². The van der Waals surface area contributed by atoms with Gasteiger partial charge in [-0.25, -0.2) is 0 Å². The van der Waals surface area contributed by atoms with Crippen molar-refractivity contribution in [2.45, 2.75) is 13.0 Å². The molecule has 3 aromatic rings. The van der Waals surface area contributed by atoms with E-state index >= 15 is 0 Å². The van der Waals surface area contributed by atoms with Gasteiger partial charge < -0.3 is 5.32 Å². The van der Waals surface area contributed by atoms with Gasteiger partial charge in [0.2, 0.25) is 0 Å². The molecule has 1 heterocycles. The summed E-state index contributed by atoms with van der Waals surface area (Å²) in [5.41, 5.74) is 5.63. The van der Waals surface area contributed by atoms with Crippen molar-refractivity contribution in [1.82, 2.24) is 15.3 Å². The van der Waals surface area contributed by atoms with Crippen LogP contribution in [0.3, 0.4) is 0 Å². The highest BCUT2D eigenvalue weighted by atomic mass is 14.9. The van der Waals surface area contributed by atoms with Crippen LogP contribution in [0.15, 0.2) is 54.9 Å². The summed E-state index contributed by atoms with van der Waals surface area (Å²) in [6, 6.07) is 14.9. The Bertz CT molecular complexity index is 737. The predicted octanol–water partition coefficient (Wildman–Crippen LogP) is 3.25. The van der Waals surface area contributed by atoms with E-state index in [0.717, 1.165) is 11.0 Å². The second kappa shape index (κ2) is 5.39. The molecule has 1 N–H and O–H groups in total. The fourth-order valence-electron chi connectivity index (χ4n) is 2.57. The van der Waals surface area contributed by atoms with E-state index in [9.17, 15) is 0 Å². The van der Waals surface area contributed by atoms with Crippen LogP contribution >= 0.6 is 0 Å². The first-order chi connectivity index (χ1) is 9.79. The molecule has 1 aromatic heterocycles. The number of aromatic nitrogens is 2. The number of benzene rings is 2. The summed E-state index contributed by atoms with van der Waals surface area (Å²) in [6.07, 6.45) is 3.45. The molecule has 0 fully saturated rings. The Balaban J connectivity index is 2.10. The lowest BCUT2D eigenvalue weighted by Crippen LogP contribution is -2.18. The van der Waals surface area contributed by atoms with Crippen LogP contribution < -0.4 is 5.32 Å². The Labute approximate surface area is 118 Å². The zero-order valence-electron chi connectivity index (χ0n) is 11.7. The van der Waals surface area contributed by atoms with Gasteiger partial charge in [-0.05, 0) is 42.8 Å². The monoisotopic (exact) mass is 263 g/mol. The summed E-state index contributed by atoms with van der Waals surface area (Å²) in [5.74, 6) is 0. The standard InChI is InChI=1S/C17H17N3/c1-12-5-3-4-6-14(12)17(18-2)13-7-8-15-16(11-13)20-10-9-19-15/h3-11,17-18H,1-2H3. The van der Waals surface area contributed by atoms with Gasteiger partial charge in [-0.3, -0.25) is 9.97 Å². The molecule has 100 valence electrons. The van der Waals surface area contributed by atoms with Crippen LogP contribution in [-0.2, 0) is 0 Å². The fourth-order valence-corrected chi connectivity index (χ4v) is 2.57. The van der Waals surface area contributed by atoms with Gasteiger partial charge in [0.25, 0.3) is 0 Å². The van der Waals surface area contributed by atoms with Crippen molar-refractivity contribution in [2.24, 2.45) is 0 Å². The Morgan fingerprint density at radius 1 is 0.950 bits per heavy atom. The van der Waals surface area contributed by atoms with Crippen molar-refractivity contribution < 1.29 is 0 Å². The third kappa shape index (κ3) is 2.28. The Morgan fingerprint density at radius 3 is 2.45 bits per heavy atom. The van der Waals surface area contributed by atoms with Crippen LogP contribution in [0.2, 0.25) is 0 Å². The second-order valence-electron chi connectivity index (χ2n) is 4.88. The van der Waals surface area contributed by atoms with Crippen LogP contribution in [0.4, 0.5) is 0 Å². The lowest BCUT2D eigenvalue weighted by Gasteiger charge is -2.19. The quantitative estimate of drug-likeness (QED) is 0.788. The fraction of sp³-hybridized carbons (Fsp3) is 0.176. The molecule has 3 nitrogen and oxygen atoms in total. The summed E-state index contributed by atoms with van der Waals surface area (Å²) in [5, 5.41) is 3.39. The second-order valence-corrected chi connectivity index (χ2v) is 4.88. The van der Waals surface area contributed by atoms with Gasteiger partial charge in [0.15, 0.2) is 0 Å². The minimum atomic E-state index is 0.169. The summed E-state index contributed by atoms with van der Waals surface area (Å²) in [7, 11) is 1.98. The van der Waals surface area contributed by atoms with E-state index in [-0.39, 0.29) is 6.04 Å². The minimum absolute atomic E-state index is 0.169. The smallest absolute Gasteiger partial charge is 0.0890 e. The zero-order valence-corrected chi connectivity index (χ0v) is 11.7. The van der Waals surface area contributed by atoms with E-state index in [4.69, 9.17) is 0 Å². The number of hydrogen-bond donors (Lipinski definition) is 1. The third-order valence-electron chi connectivity index (χ3n) is 3.61. The minimum Gasteiger partial charge on any atom is -0.309 e. The van der Waals surface area contributed by atoms with Crippen LogP contribution in [-0.4, -0.2) is 17.0 Å². The van der Waals surface area contributed by atoms with Crippen molar-refractivity contribution in [3.05, 3.63) is 71.5 Å². The number of fused-ring (bicyclic) bond motifs is 1. The van der Waals surface area contributed by atoms with Crippen molar-refractivity contribution in [3.8, 4) is 0 Å². The van der Waals surface area contributed by atoms with E-state index in [1.165, 1.54) is 16.7 Å². The average Bonchev–Trinajstić information content (AvgIpc) is 2.50. The lowest BCUT2D eigenvalue weighted by atomic mass is 9.95. The maximum atomic E-state index is 4.38. The molecule has 0 bridgehead atoms. The largest absolute Gasteiger partial charge is 0.309 e. The summed E-state index contributed by atoms with van der Waals surface area (Å²) in [6.45, 7) is 2.14. The van der Waals surface area contributed by atoms with Gasteiger partial charge in [0, 0.05) is 12.4 Å². The van der Waals surface area contributed by atoms with Gasteiger partial charge in [0.05, 0.1) is 17.1 Å². The molecule has 1 atom stereocenters. The molecular formula is C17H17N3. The van der Waals surface area contributed by atoms with Gasteiger partial charge in [-0.15, -0.1) is 0 Å². The van der Waals surface area contributed by atoms with Crippen molar-refractivity contribution in [2.75, 3.05) is 7.05 Å². The van der Waals surface area contributed by atoms with Crippen LogP contribution in [0.1, 0.15) is 22.7 Å². The molecule has 0 aliphatic rings. The zero-order chi connectivity index (χ0) is 13.9. The Hall–Kier alpha value is -2.26. The Kier molecular flexibility index (Phi) is 3.44. The van der Waals surface area contributed by atoms with Gasteiger partial charge in [-0.2, -0.15) is 0 Å². The summed E-state index contributed by atoms with van der Waals surface area (Å²) in [4.78, 5) is 8.70. The van der Waals surface area contributed by atoms with Gasteiger partial charge in [0.1, 0.15) is 0 Å². The van der Waals surface area contributed by atoms with E-state index in [2.05, 4.69) is 58.6 Å². The molecule has 0 saturated carbocycles. The van der Waals surface area contributed by atoms with Crippen molar-refractivity contribution in [1.29, 1.82) is 0 Å². The molecule has 0 aliphatic carbocycles.